The number of aliphatic hydroxyl groups is 1. The molecule has 0 fully saturated rings. The van der Waals surface area contributed by atoms with Gasteiger partial charge in [-0.3, -0.25) is 4.79 Å². The largest absolute Gasteiger partial charge is 0.390 e. The number of nitrogens with two attached hydrogens (primary N) is 1. The van der Waals surface area contributed by atoms with Crippen molar-refractivity contribution < 1.29 is 9.90 Å². The van der Waals surface area contributed by atoms with Gasteiger partial charge in [0.2, 0.25) is 5.91 Å². The maximum absolute atomic E-state index is 13.7. The van der Waals surface area contributed by atoms with E-state index < -0.39 is 17.6 Å². The second-order valence-electron chi connectivity index (χ2n) is 10.2. The van der Waals surface area contributed by atoms with E-state index in [1.165, 1.54) is 11.0 Å². The Balaban J connectivity index is 1.83. The molecule has 0 aliphatic rings. The zero-order chi connectivity index (χ0) is 26.4. The first-order valence-electron chi connectivity index (χ1n) is 12.3. The van der Waals surface area contributed by atoms with Crippen LogP contribution in [0.1, 0.15) is 38.2 Å². The first-order chi connectivity index (χ1) is 17.8. The molecule has 1 amide bonds. The number of carbonyl (C=O) groups excluding carboxylic acids is 1. The summed E-state index contributed by atoms with van der Waals surface area (Å²) in [7, 11) is 0. The van der Waals surface area contributed by atoms with Crippen LogP contribution >= 0.6 is 0 Å². The second-order valence-corrected chi connectivity index (χ2v) is 10.2. The molecule has 0 saturated carbocycles. The Morgan fingerprint density at radius 1 is 1.08 bits per heavy atom. The van der Waals surface area contributed by atoms with E-state index in [2.05, 4.69) is 53.0 Å². The minimum absolute atomic E-state index is 0.0270. The summed E-state index contributed by atoms with van der Waals surface area (Å²) in [6.45, 7) is 6.78. The lowest BCUT2D eigenvalue weighted by Gasteiger charge is -2.40. The van der Waals surface area contributed by atoms with Crippen LogP contribution in [0.2, 0.25) is 0 Å². The summed E-state index contributed by atoms with van der Waals surface area (Å²) in [5.41, 5.74) is 8.25. The first-order valence-corrected chi connectivity index (χ1v) is 12.3. The smallest absolute Gasteiger partial charge is 0.245 e. The van der Waals surface area contributed by atoms with Crippen molar-refractivity contribution in [2.75, 3.05) is 13.1 Å². The summed E-state index contributed by atoms with van der Waals surface area (Å²) in [4.78, 5) is 20.4. The van der Waals surface area contributed by atoms with Crippen molar-refractivity contribution in [1.29, 1.82) is 0 Å². The van der Waals surface area contributed by atoms with E-state index in [1.54, 1.807) is 4.90 Å². The minimum atomic E-state index is -0.895. The number of nitrogens with zero attached hydrogens (tertiary/aromatic N) is 7. The molecule has 37 heavy (non-hydrogen) atoms. The number of tetrazole rings is 1. The highest BCUT2D eigenvalue weighted by atomic mass is 16.3. The van der Waals surface area contributed by atoms with E-state index in [1.807, 2.05) is 54.7 Å². The zero-order valence-corrected chi connectivity index (χ0v) is 21.5. The van der Waals surface area contributed by atoms with Crippen molar-refractivity contribution in [1.82, 2.24) is 34.7 Å². The molecule has 0 saturated heterocycles. The van der Waals surface area contributed by atoms with Crippen molar-refractivity contribution in [3.8, 4) is 11.3 Å². The molecule has 10 heteroatoms. The van der Waals surface area contributed by atoms with Crippen LogP contribution in [0.5, 0.6) is 0 Å². The van der Waals surface area contributed by atoms with Crippen LogP contribution < -0.4 is 5.73 Å². The zero-order valence-electron chi connectivity index (χ0n) is 21.5. The lowest BCUT2D eigenvalue weighted by molar-refractivity contribution is -0.139. The molecule has 2 unspecified atom stereocenters. The second kappa shape index (κ2) is 11.4. The molecule has 4 aromatic rings. The van der Waals surface area contributed by atoms with Crippen molar-refractivity contribution in [3.05, 3.63) is 84.6 Å². The molecule has 0 aliphatic carbocycles. The normalized spacial score (nSPS) is 13.3. The van der Waals surface area contributed by atoms with Crippen LogP contribution in [0, 0.1) is 5.41 Å². The molecule has 3 N–H and O–H groups in total. The Kier molecular flexibility index (Phi) is 8.10. The lowest BCUT2D eigenvalue weighted by atomic mass is 9.84. The predicted octanol–water partition coefficient (Wildman–Crippen LogP) is 2.52. The van der Waals surface area contributed by atoms with Gasteiger partial charge in [0.15, 0.2) is 0 Å². The van der Waals surface area contributed by atoms with Crippen LogP contribution in [0.3, 0.4) is 0 Å². The van der Waals surface area contributed by atoms with Crippen LogP contribution in [-0.4, -0.2) is 64.9 Å². The third-order valence-corrected chi connectivity index (χ3v) is 6.14. The summed E-state index contributed by atoms with van der Waals surface area (Å²) in [6.07, 6.45) is 2.53. The molecule has 0 aliphatic heterocycles. The standard InChI is InChI=1S/C27H34N8O2/c1-27(2,3)25(35(16-22(36)14-28)24(37)18-34-19-29-31-32-34)26-30-23(21-12-8-5-9-13-21)17-33(26)15-20-10-6-4-7-11-20/h4-13,17,19,22,25,36H,14-16,18,28H2,1-3H3. The molecule has 10 nitrogen and oxygen atoms in total. The van der Waals surface area contributed by atoms with Crippen LogP contribution in [0.15, 0.2) is 73.2 Å². The highest BCUT2D eigenvalue weighted by Gasteiger charge is 2.39. The summed E-state index contributed by atoms with van der Waals surface area (Å²) in [5, 5.41) is 21.7. The molecule has 2 aromatic carbocycles. The topological polar surface area (TPSA) is 128 Å². The average Bonchev–Trinajstić information content (AvgIpc) is 3.54. The number of amides is 1. The number of aliphatic hydroxyl groups excluding tert-OH is 1. The van der Waals surface area contributed by atoms with Gasteiger partial charge in [-0.05, 0) is 21.4 Å². The van der Waals surface area contributed by atoms with Gasteiger partial charge in [0.1, 0.15) is 18.7 Å². The van der Waals surface area contributed by atoms with Gasteiger partial charge in [-0.2, -0.15) is 0 Å². The van der Waals surface area contributed by atoms with E-state index in [9.17, 15) is 9.90 Å². The van der Waals surface area contributed by atoms with Gasteiger partial charge in [0, 0.05) is 31.4 Å². The molecule has 194 valence electrons. The Morgan fingerprint density at radius 2 is 1.76 bits per heavy atom. The minimum Gasteiger partial charge on any atom is -0.390 e. The summed E-state index contributed by atoms with van der Waals surface area (Å²) in [5.74, 6) is 0.486. The number of hydrogen-bond donors (Lipinski definition) is 2. The highest BCUT2D eigenvalue weighted by molar-refractivity contribution is 5.76. The van der Waals surface area contributed by atoms with Gasteiger partial charge in [-0.15, -0.1) is 5.10 Å². The Morgan fingerprint density at radius 3 is 2.35 bits per heavy atom. The average molecular weight is 503 g/mol. The molecular weight excluding hydrogens is 468 g/mol. The number of rotatable bonds is 10. The quantitative estimate of drug-likeness (QED) is 0.341. The van der Waals surface area contributed by atoms with Gasteiger partial charge in [0.25, 0.3) is 0 Å². The number of aromatic nitrogens is 6. The van der Waals surface area contributed by atoms with Crippen molar-refractivity contribution in [3.63, 3.8) is 0 Å². The van der Waals surface area contributed by atoms with Crippen molar-refractivity contribution in [2.45, 2.75) is 46.0 Å². The van der Waals surface area contributed by atoms with Gasteiger partial charge in [0.05, 0.1) is 17.8 Å². The Hall–Kier alpha value is -3.89. The number of hydrogen-bond acceptors (Lipinski definition) is 7. The third-order valence-electron chi connectivity index (χ3n) is 6.14. The van der Waals surface area contributed by atoms with Crippen molar-refractivity contribution >= 4 is 5.91 Å². The van der Waals surface area contributed by atoms with Crippen LogP contribution in [-0.2, 0) is 17.9 Å². The fourth-order valence-corrected chi connectivity index (χ4v) is 4.43. The van der Waals surface area contributed by atoms with E-state index in [4.69, 9.17) is 10.7 Å². The monoisotopic (exact) mass is 502 g/mol. The highest BCUT2D eigenvalue weighted by Crippen LogP contribution is 2.39. The summed E-state index contributed by atoms with van der Waals surface area (Å²) >= 11 is 0. The summed E-state index contributed by atoms with van der Waals surface area (Å²) < 4.78 is 3.47. The lowest BCUT2D eigenvalue weighted by Crippen LogP contribution is -2.48. The van der Waals surface area contributed by atoms with Crippen LogP contribution in [0.4, 0.5) is 0 Å². The fourth-order valence-electron chi connectivity index (χ4n) is 4.43. The molecule has 0 radical (unpaired) electrons. The molecule has 0 spiro atoms. The maximum Gasteiger partial charge on any atom is 0.245 e. The first kappa shape index (κ1) is 26.2. The molecule has 2 aromatic heterocycles. The molecule has 2 atom stereocenters. The van der Waals surface area contributed by atoms with Gasteiger partial charge < -0.3 is 20.3 Å². The number of carbonyl (C=O) groups is 1. The number of imidazole rings is 1. The number of benzene rings is 2. The van der Waals surface area contributed by atoms with E-state index in [0.717, 1.165) is 22.6 Å². The summed E-state index contributed by atoms with van der Waals surface area (Å²) in [6, 6.07) is 19.6. The van der Waals surface area contributed by atoms with E-state index >= 15 is 0 Å². The molecule has 2 heterocycles. The van der Waals surface area contributed by atoms with Gasteiger partial charge in [-0.1, -0.05) is 81.4 Å². The van der Waals surface area contributed by atoms with E-state index in [-0.39, 0.29) is 25.5 Å². The van der Waals surface area contributed by atoms with E-state index in [0.29, 0.717) is 6.54 Å². The Bertz CT molecular complexity index is 1270. The molecule has 4 rings (SSSR count). The predicted molar refractivity (Wildman–Crippen MR) is 140 cm³/mol. The third kappa shape index (κ3) is 6.46. The van der Waals surface area contributed by atoms with Crippen molar-refractivity contribution in [2.24, 2.45) is 11.1 Å². The van der Waals surface area contributed by atoms with Gasteiger partial charge in [-0.25, -0.2) is 9.67 Å². The fraction of sp³-hybridized carbons (Fsp3) is 0.370. The molecular formula is C27H34N8O2. The Labute approximate surface area is 216 Å². The van der Waals surface area contributed by atoms with Crippen LogP contribution in [0.25, 0.3) is 11.3 Å². The molecule has 0 bridgehead atoms. The maximum atomic E-state index is 13.7. The SMILES string of the molecule is CC(C)(C)C(c1nc(-c2ccccc2)cn1Cc1ccccc1)N(CC(O)CN)C(=O)Cn1cnnn1. The van der Waals surface area contributed by atoms with Gasteiger partial charge >= 0.3 is 0 Å².